The third kappa shape index (κ3) is 2.33. The van der Waals surface area contributed by atoms with E-state index in [-0.39, 0.29) is 11.8 Å². The van der Waals surface area contributed by atoms with E-state index in [9.17, 15) is 4.79 Å². The predicted molar refractivity (Wildman–Crippen MR) is 49.2 cm³/mol. The summed E-state index contributed by atoms with van der Waals surface area (Å²) in [6.07, 6.45) is 0.603. The Hall–Kier alpha value is -0.310. The van der Waals surface area contributed by atoms with Crippen molar-refractivity contribution < 1.29 is 4.79 Å². The van der Waals surface area contributed by atoms with Crippen LogP contribution in [0.4, 0.5) is 0 Å². The van der Waals surface area contributed by atoms with Crippen molar-refractivity contribution in [2.75, 3.05) is 0 Å². The average molecular weight is 171 g/mol. The first kappa shape index (κ1) is 8.78. The number of aliphatic imine (C=N–C) groups is 1. The highest BCUT2D eigenvalue weighted by Crippen LogP contribution is 2.28. The van der Waals surface area contributed by atoms with E-state index in [1.807, 2.05) is 6.92 Å². The van der Waals surface area contributed by atoms with Crippen LogP contribution in [-0.2, 0) is 4.79 Å². The Bertz CT molecular complexity index is 200. The zero-order valence-electron chi connectivity index (χ0n) is 7.13. The minimum atomic E-state index is 0.234. The van der Waals surface area contributed by atoms with E-state index in [4.69, 9.17) is 0 Å². The zero-order valence-corrected chi connectivity index (χ0v) is 7.94. The third-order valence-electron chi connectivity index (χ3n) is 1.74. The van der Waals surface area contributed by atoms with Crippen LogP contribution in [0.3, 0.4) is 0 Å². The van der Waals surface area contributed by atoms with Gasteiger partial charge in [0.1, 0.15) is 5.78 Å². The Morgan fingerprint density at radius 2 is 2.36 bits per heavy atom. The van der Waals surface area contributed by atoms with Crippen LogP contribution in [0, 0.1) is 0 Å². The molecule has 62 valence electrons. The molecule has 1 rings (SSSR count). The second-order valence-electron chi connectivity index (χ2n) is 2.94. The second kappa shape index (κ2) is 3.39. The smallest absolute Gasteiger partial charge is 0.132 e. The van der Waals surface area contributed by atoms with E-state index in [1.165, 1.54) is 0 Å². The number of hydrogen-bond acceptors (Lipinski definition) is 3. The lowest BCUT2D eigenvalue weighted by Gasteiger charge is -2.08. The fourth-order valence-corrected chi connectivity index (χ4v) is 2.27. The van der Waals surface area contributed by atoms with Crippen LogP contribution in [0.5, 0.6) is 0 Å². The Kier molecular flexibility index (Phi) is 2.71. The quantitative estimate of drug-likeness (QED) is 0.635. The Morgan fingerprint density at radius 1 is 1.73 bits per heavy atom. The van der Waals surface area contributed by atoms with E-state index in [2.05, 4.69) is 11.9 Å². The molecule has 1 aliphatic heterocycles. The molecule has 0 aromatic heterocycles. The number of rotatable bonds is 2. The fourth-order valence-electron chi connectivity index (χ4n) is 1.22. The van der Waals surface area contributed by atoms with Crippen LogP contribution in [0.1, 0.15) is 27.2 Å². The van der Waals surface area contributed by atoms with E-state index in [1.54, 1.807) is 18.7 Å². The Labute approximate surface area is 71.5 Å². The van der Waals surface area contributed by atoms with Crippen LogP contribution in [0.25, 0.3) is 0 Å². The van der Waals surface area contributed by atoms with Gasteiger partial charge in [-0.1, -0.05) is 6.92 Å². The van der Waals surface area contributed by atoms with Gasteiger partial charge in [-0.05, 0) is 13.8 Å². The maximum Gasteiger partial charge on any atom is 0.132 e. The summed E-state index contributed by atoms with van der Waals surface area (Å²) in [5, 5.41) is 1.60. The molecule has 0 aromatic rings. The monoisotopic (exact) mass is 171 g/mol. The molecule has 3 heteroatoms. The summed E-state index contributed by atoms with van der Waals surface area (Å²) in [6.45, 7) is 5.75. The lowest BCUT2D eigenvalue weighted by Crippen LogP contribution is -2.16. The van der Waals surface area contributed by atoms with E-state index < -0.39 is 0 Å². The second-order valence-corrected chi connectivity index (χ2v) is 4.51. The highest BCUT2D eigenvalue weighted by Gasteiger charge is 2.24. The number of carbonyl (C=O) groups excluding carboxylic acids is 1. The summed E-state index contributed by atoms with van der Waals surface area (Å²) < 4.78 is 0. The molecule has 0 amide bonds. The van der Waals surface area contributed by atoms with Crippen molar-refractivity contribution in [2.24, 2.45) is 4.99 Å². The Balaban J connectivity index is 2.52. The van der Waals surface area contributed by atoms with Crippen molar-refractivity contribution in [2.45, 2.75) is 38.5 Å². The van der Waals surface area contributed by atoms with Crippen molar-refractivity contribution in [3.63, 3.8) is 0 Å². The van der Waals surface area contributed by atoms with Crippen molar-refractivity contribution >= 4 is 22.6 Å². The van der Waals surface area contributed by atoms with Crippen molar-refractivity contribution in [1.82, 2.24) is 0 Å². The third-order valence-corrected chi connectivity index (χ3v) is 2.87. The molecule has 0 radical (unpaired) electrons. The molecule has 2 nitrogen and oxygen atoms in total. The van der Waals surface area contributed by atoms with Crippen LogP contribution < -0.4 is 0 Å². The normalized spacial score (nSPS) is 30.3. The molecule has 11 heavy (non-hydrogen) atoms. The number of thioether (sulfide) groups is 1. The van der Waals surface area contributed by atoms with Gasteiger partial charge in [-0.3, -0.25) is 9.79 Å². The minimum absolute atomic E-state index is 0.234. The van der Waals surface area contributed by atoms with Gasteiger partial charge < -0.3 is 0 Å². The molecular weight excluding hydrogens is 158 g/mol. The highest BCUT2D eigenvalue weighted by molar-refractivity contribution is 8.14. The molecule has 0 saturated carbocycles. The van der Waals surface area contributed by atoms with Crippen molar-refractivity contribution in [1.29, 1.82) is 0 Å². The topological polar surface area (TPSA) is 29.4 Å². The van der Waals surface area contributed by atoms with Crippen LogP contribution in [0.2, 0.25) is 0 Å². The van der Waals surface area contributed by atoms with Gasteiger partial charge in [0.25, 0.3) is 0 Å². The molecule has 0 fully saturated rings. The SMILES string of the molecule is CC(=O)CC1N=C(C)SC1C. The molecular formula is C8H13NOS. The first-order chi connectivity index (χ1) is 5.09. The summed E-state index contributed by atoms with van der Waals surface area (Å²) in [7, 11) is 0. The molecule has 0 N–H and O–H groups in total. The maximum atomic E-state index is 10.8. The Morgan fingerprint density at radius 3 is 2.73 bits per heavy atom. The van der Waals surface area contributed by atoms with Gasteiger partial charge in [0.2, 0.25) is 0 Å². The van der Waals surface area contributed by atoms with E-state index >= 15 is 0 Å². The highest BCUT2D eigenvalue weighted by atomic mass is 32.2. The first-order valence-electron chi connectivity index (χ1n) is 3.80. The first-order valence-corrected chi connectivity index (χ1v) is 4.68. The molecule has 2 atom stereocenters. The molecule has 1 aliphatic rings. The van der Waals surface area contributed by atoms with Crippen molar-refractivity contribution in [3.05, 3.63) is 0 Å². The van der Waals surface area contributed by atoms with Gasteiger partial charge in [0.15, 0.2) is 0 Å². The number of nitrogens with zero attached hydrogens (tertiary/aromatic N) is 1. The van der Waals surface area contributed by atoms with E-state index in [0.717, 1.165) is 5.04 Å². The van der Waals surface area contributed by atoms with Crippen LogP contribution in [-0.4, -0.2) is 22.1 Å². The van der Waals surface area contributed by atoms with Gasteiger partial charge >= 0.3 is 0 Å². The average Bonchev–Trinajstić information content (AvgIpc) is 2.09. The zero-order chi connectivity index (χ0) is 8.43. The molecule has 0 aliphatic carbocycles. The molecule has 0 bridgehead atoms. The largest absolute Gasteiger partial charge is 0.300 e. The summed E-state index contributed by atoms with van der Waals surface area (Å²) in [6, 6.07) is 0.234. The van der Waals surface area contributed by atoms with Gasteiger partial charge in [0, 0.05) is 11.7 Å². The summed E-state index contributed by atoms with van der Waals surface area (Å²) >= 11 is 1.77. The molecule has 0 aromatic carbocycles. The van der Waals surface area contributed by atoms with Crippen LogP contribution in [0.15, 0.2) is 4.99 Å². The van der Waals surface area contributed by atoms with Gasteiger partial charge in [-0.25, -0.2) is 0 Å². The van der Waals surface area contributed by atoms with Gasteiger partial charge in [-0.15, -0.1) is 11.8 Å². The van der Waals surface area contributed by atoms with E-state index in [0.29, 0.717) is 11.7 Å². The summed E-state index contributed by atoms with van der Waals surface area (Å²) in [5.74, 6) is 0.237. The lowest BCUT2D eigenvalue weighted by atomic mass is 10.1. The number of hydrogen-bond donors (Lipinski definition) is 0. The van der Waals surface area contributed by atoms with Gasteiger partial charge in [-0.2, -0.15) is 0 Å². The lowest BCUT2D eigenvalue weighted by molar-refractivity contribution is -0.117. The fraction of sp³-hybridized carbons (Fsp3) is 0.750. The van der Waals surface area contributed by atoms with Crippen molar-refractivity contribution in [3.8, 4) is 0 Å². The van der Waals surface area contributed by atoms with Crippen LogP contribution >= 0.6 is 11.8 Å². The summed E-state index contributed by atoms with van der Waals surface area (Å²) in [4.78, 5) is 15.1. The molecule has 0 spiro atoms. The number of carbonyl (C=O) groups is 1. The number of ketones is 1. The standard InChI is InChI=1S/C8H13NOS/c1-5(10)4-8-6(2)11-7(3)9-8/h6,8H,4H2,1-3H3. The summed E-state index contributed by atoms with van der Waals surface area (Å²) in [5.41, 5.74) is 0. The molecule has 1 heterocycles. The molecule has 2 unspecified atom stereocenters. The maximum absolute atomic E-state index is 10.8. The minimum Gasteiger partial charge on any atom is -0.300 e. The number of Topliss-reactive ketones (excluding diaryl/α,β-unsaturated/α-hetero) is 1. The predicted octanol–water partition coefficient (Wildman–Crippen LogP) is 1.89. The molecule has 0 saturated heterocycles. The van der Waals surface area contributed by atoms with Gasteiger partial charge in [0.05, 0.1) is 11.1 Å².